The lowest BCUT2D eigenvalue weighted by molar-refractivity contribution is -0.149. The third-order valence-corrected chi connectivity index (χ3v) is 3.55. The third kappa shape index (κ3) is 5.48. The van der Waals surface area contributed by atoms with Gasteiger partial charge in [0.25, 0.3) is 0 Å². The van der Waals surface area contributed by atoms with E-state index in [9.17, 15) is 18.0 Å². The predicted molar refractivity (Wildman–Crippen MR) is 65.7 cm³/mol. The van der Waals surface area contributed by atoms with Crippen LogP contribution in [-0.4, -0.2) is 56.4 Å². The Labute approximate surface area is 107 Å². The van der Waals surface area contributed by atoms with Crippen LogP contribution < -0.4 is 0 Å². The van der Waals surface area contributed by atoms with E-state index in [0.29, 0.717) is 0 Å². The molecule has 0 atom stereocenters. The zero-order valence-corrected chi connectivity index (χ0v) is 11.5. The van der Waals surface area contributed by atoms with Crippen LogP contribution in [0.4, 0.5) is 0 Å². The minimum atomic E-state index is -3.16. The number of hydrogen-bond acceptors (Lipinski definition) is 5. The van der Waals surface area contributed by atoms with E-state index in [1.165, 1.54) is 4.90 Å². The topological polar surface area (TPSA) is 80.8 Å². The zero-order valence-electron chi connectivity index (χ0n) is 10.7. The van der Waals surface area contributed by atoms with Crippen LogP contribution in [0, 0.1) is 0 Å². The largest absolute Gasteiger partial charge is 0.465 e. The van der Waals surface area contributed by atoms with Crippen LogP contribution in [-0.2, 0) is 24.2 Å². The van der Waals surface area contributed by atoms with Gasteiger partial charge in [-0.15, -0.1) is 0 Å². The maximum Gasteiger partial charge on any atom is 0.325 e. The van der Waals surface area contributed by atoms with Gasteiger partial charge in [0.2, 0.25) is 5.91 Å². The molecular weight excluding hydrogens is 258 g/mol. The van der Waals surface area contributed by atoms with Crippen LogP contribution in [0.15, 0.2) is 0 Å². The maximum absolute atomic E-state index is 11.9. The highest BCUT2D eigenvalue weighted by Gasteiger charge is 2.34. The summed E-state index contributed by atoms with van der Waals surface area (Å²) >= 11 is 0. The van der Waals surface area contributed by atoms with E-state index in [0.717, 1.165) is 19.1 Å². The second-order valence-corrected chi connectivity index (χ2v) is 6.70. The Morgan fingerprint density at radius 2 is 1.94 bits per heavy atom. The number of rotatable bonds is 7. The van der Waals surface area contributed by atoms with E-state index in [1.54, 1.807) is 6.92 Å². The predicted octanol–water partition coefficient (Wildman–Crippen LogP) is -0.0248. The standard InChI is InChI=1S/C11H19NO5S/c1-3-17-11(14)8-12(9-4-5-9)10(13)6-7-18(2,15)16/h9H,3-8H2,1-2H3. The molecular formula is C11H19NO5S. The highest BCUT2D eigenvalue weighted by molar-refractivity contribution is 7.90. The first kappa shape index (κ1) is 14.9. The van der Waals surface area contributed by atoms with Crippen molar-refractivity contribution in [2.24, 2.45) is 0 Å². The van der Waals surface area contributed by atoms with Crippen LogP contribution in [0.5, 0.6) is 0 Å². The maximum atomic E-state index is 11.9. The van der Waals surface area contributed by atoms with Gasteiger partial charge in [0.15, 0.2) is 0 Å². The van der Waals surface area contributed by atoms with E-state index in [1.807, 2.05) is 0 Å². The molecule has 0 heterocycles. The first-order valence-electron chi connectivity index (χ1n) is 5.96. The molecule has 1 aliphatic carbocycles. The lowest BCUT2D eigenvalue weighted by Crippen LogP contribution is -2.38. The van der Waals surface area contributed by atoms with Crippen molar-refractivity contribution in [3.05, 3.63) is 0 Å². The fourth-order valence-corrected chi connectivity index (χ4v) is 2.11. The number of ether oxygens (including phenoxy) is 1. The monoisotopic (exact) mass is 277 g/mol. The van der Waals surface area contributed by atoms with Gasteiger partial charge in [-0.25, -0.2) is 8.42 Å². The van der Waals surface area contributed by atoms with E-state index in [4.69, 9.17) is 4.74 Å². The summed E-state index contributed by atoms with van der Waals surface area (Å²) in [4.78, 5) is 24.7. The van der Waals surface area contributed by atoms with Gasteiger partial charge in [0, 0.05) is 18.7 Å². The van der Waals surface area contributed by atoms with Gasteiger partial charge < -0.3 is 9.64 Å². The number of sulfone groups is 1. The molecule has 6 nitrogen and oxygen atoms in total. The summed E-state index contributed by atoms with van der Waals surface area (Å²) < 4.78 is 26.8. The number of hydrogen-bond donors (Lipinski definition) is 0. The molecule has 1 fully saturated rings. The van der Waals surface area contributed by atoms with Gasteiger partial charge in [-0.05, 0) is 19.8 Å². The van der Waals surface area contributed by atoms with E-state index in [-0.39, 0.29) is 37.3 Å². The highest BCUT2D eigenvalue weighted by atomic mass is 32.2. The summed E-state index contributed by atoms with van der Waals surface area (Å²) in [5.41, 5.74) is 0. The Morgan fingerprint density at radius 1 is 1.33 bits per heavy atom. The summed E-state index contributed by atoms with van der Waals surface area (Å²) in [6, 6.07) is 0.0708. The lowest BCUT2D eigenvalue weighted by atomic mass is 10.3. The fourth-order valence-electron chi connectivity index (χ4n) is 1.57. The molecule has 7 heteroatoms. The molecule has 0 N–H and O–H groups in total. The molecule has 0 spiro atoms. The highest BCUT2D eigenvalue weighted by Crippen LogP contribution is 2.27. The van der Waals surface area contributed by atoms with Gasteiger partial charge in [0.05, 0.1) is 12.4 Å². The molecule has 0 aromatic heterocycles. The second-order valence-electron chi connectivity index (χ2n) is 4.44. The summed E-state index contributed by atoms with van der Waals surface area (Å²) in [5.74, 6) is -0.925. The number of nitrogens with zero attached hydrogens (tertiary/aromatic N) is 1. The van der Waals surface area contributed by atoms with Gasteiger partial charge in [-0.1, -0.05) is 0 Å². The minimum absolute atomic E-state index is 0.0708. The van der Waals surface area contributed by atoms with Crippen LogP contribution in [0.2, 0.25) is 0 Å². The first-order valence-corrected chi connectivity index (χ1v) is 8.02. The molecule has 1 aliphatic rings. The van der Waals surface area contributed by atoms with E-state index in [2.05, 4.69) is 0 Å². The Hall–Kier alpha value is -1.11. The molecule has 0 radical (unpaired) electrons. The third-order valence-electron chi connectivity index (χ3n) is 2.60. The SMILES string of the molecule is CCOC(=O)CN(C(=O)CCS(C)(=O)=O)C1CC1. The lowest BCUT2D eigenvalue weighted by Gasteiger charge is -2.21. The fraction of sp³-hybridized carbons (Fsp3) is 0.818. The second kappa shape index (κ2) is 6.17. The summed E-state index contributed by atoms with van der Waals surface area (Å²) in [6.45, 7) is 1.89. The Bertz CT molecular complexity index is 413. The molecule has 1 rings (SSSR count). The van der Waals surface area contributed by atoms with E-state index >= 15 is 0 Å². The van der Waals surface area contributed by atoms with E-state index < -0.39 is 15.8 Å². The smallest absolute Gasteiger partial charge is 0.325 e. The Kier molecular flexibility index (Phi) is 5.13. The van der Waals surface area contributed by atoms with Crippen molar-refractivity contribution in [3.8, 4) is 0 Å². The molecule has 0 saturated heterocycles. The van der Waals surface area contributed by atoms with Gasteiger partial charge in [-0.3, -0.25) is 9.59 Å². The minimum Gasteiger partial charge on any atom is -0.465 e. The molecule has 0 unspecified atom stereocenters. The van der Waals surface area contributed by atoms with Crippen LogP contribution >= 0.6 is 0 Å². The number of amides is 1. The molecule has 1 saturated carbocycles. The molecule has 0 aromatic rings. The first-order chi connectivity index (χ1) is 8.33. The normalized spacial score (nSPS) is 15.2. The van der Waals surface area contributed by atoms with Gasteiger partial charge >= 0.3 is 5.97 Å². The molecule has 1 amide bonds. The van der Waals surface area contributed by atoms with Gasteiger partial charge in [0.1, 0.15) is 16.4 Å². The molecule has 0 aliphatic heterocycles. The van der Waals surface area contributed by atoms with Crippen LogP contribution in [0.1, 0.15) is 26.2 Å². The van der Waals surface area contributed by atoms with Crippen LogP contribution in [0.25, 0.3) is 0 Å². The number of carbonyl (C=O) groups is 2. The van der Waals surface area contributed by atoms with Crippen molar-refractivity contribution in [2.45, 2.75) is 32.2 Å². The van der Waals surface area contributed by atoms with Crippen molar-refractivity contribution in [3.63, 3.8) is 0 Å². The van der Waals surface area contributed by atoms with Crippen molar-refractivity contribution in [2.75, 3.05) is 25.2 Å². The number of esters is 1. The number of carbonyl (C=O) groups excluding carboxylic acids is 2. The van der Waals surface area contributed by atoms with Crippen LogP contribution in [0.3, 0.4) is 0 Å². The van der Waals surface area contributed by atoms with Crippen molar-refractivity contribution >= 4 is 21.7 Å². The molecule has 104 valence electrons. The summed E-state index contributed by atoms with van der Waals surface area (Å²) in [7, 11) is -3.16. The summed E-state index contributed by atoms with van der Waals surface area (Å²) in [6.07, 6.45) is 2.75. The van der Waals surface area contributed by atoms with Gasteiger partial charge in [-0.2, -0.15) is 0 Å². The van der Waals surface area contributed by atoms with Crippen molar-refractivity contribution in [1.29, 1.82) is 0 Å². The Morgan fingerprint density at radius 3 is 2.39 bits per heavy atom. The molecule has 18 heavy (non-hydrogen) atoms. The van der Waals surface area contributed by atoms with Crippen molar-refractivity contribution < 1.29 is 22.7 Å². The average Bonchev–Trinajstić information content (AvgIpc) is 3.06. The Balaban J connectivity index is 2.51. The van der Waals surface area contributed by atoms with Crippen molar-refractivity contribution in [1.82, 2.24) is 4.90 Å². The molecule has 0 bridgehead atoms. The zero-order chi connectivity index (χ0) is 13.8. The average molecular weight is 277 g/mol. The summed E-state index contributed by atoms with van der Waals surface area (Å²) in [5, 5.41) is 0. The quantitative estimate of drug-likeness (QED) is 0.611. The molecule has 0 aromatic carbocycles.